The van der Waals surface area contributed by atoms with E-state index in [0.717, 1.165) is 35.7 Å². The molecular weight excluding hydrogens is 362 g/mol. The second kappa shape index (κ2) is 9.08. The van der Waals surface area contributed by atoms with E-state index in [0.29, 0.717) is 23.3 Å². The molecule has 27 heavy (non-hydrogen) atoms. The third kappa shape index (κ3) is 4.71. The van der Waals surface area contributed by atoms with Crippen LogP contribution in [-0.2, 0) is 4.79 Å². The molecule has 7 heteroatoms. The normalized spacial score (nSPS) is 16.9. The first kappa shape index (κ1) is 19.5. The molecule has 1 aliphatic rings. The summed E-state index contributed by atoms with van der Waals surface area (Å²) in [7, 11) is 3.21. The fraction of sp³-hybridized carbons (Fsp3) is 0.450. The number of hydrogen-bond acceptors (Lipinski definition) is 6. The van der Waals surface area contributed by atoms with Crippen molar-refractivity contribution in [1.29, 1.82) is 0 Å². The average Bonchev–Trinajstić information content (AvgIpc) is 2.72. The van der Waals surface area contributed by atoms with Gasteiger partial charge in [0.15, 0.2) is 11.5 Å². The van der Waals surface area contributed by atoms with Gasteiger partial charge in [-0.1, -0.05) is 11.8 Å². The van der Waals surface area contributed by atoms with Crippen molar-refractivity contribution in [3.63, 3.8) is 0 Å². The Morgan fingerprint density at radius 1 is 1.15 bits per heavy atom. The summed E-state index contributed by atoms with van der Waals surface area (Å²) in [6.07, 6.45) is 3.40. The van der Waals surface area contributed by atoms with Crippen molar-refractivity contribution in [2.24, 2.45) is 0 Å². The molecule has 3 rings (SSSR count). The highest BCUT2D eigenvalue weighted by Gasteiger charge is 2.23. The van der Waals surface area contributed by atoms with Gasteiger partial charge in [-0.3, -0.25) is 4.79 Å². The number of carbonyl (C=O) groups excluding carboxylic acids is 1. The van der Waals surface area contributed by atoms with E-state index >= 15 is 0 Å². The van der Waals surface area contributed by atoms with E-state index in [2.05, 4.69) is 17.1 Å². The molecule has 1 aromatic carbocycles. The van der Waals surface area contributed by atoms with Crippen LogP contribution >= 0.6 is 11.8 Å². The fourth-order valence-corrected chi connectivity index (χ4v) is 3.93. The Labute approximate surface area is 164 Å². The molecular formula is C20H25N3O3S. The maximum Gasteiger partial charge on any atom is 0.233 e. The highest BCUT2D eigenvalue weighted by Crippen LogP contribution is 2.31. The van der Waals surface area contributed by atoms with Gasteiger partial charge in [-0.05, 0) is 56.5 Å². The van der Waals surface area contributed by atoms with Crippen LogP contribution in [0.3, 0.4) is 0 Å². The number of benzene rings is 1. The molecule has 0 saturated carbocycles. The van der Waals surface area contributed by atoms with Crippen LogP contribution in [0.1, 0.15) is 26.2 Å². The third-order valence-corrected chi connectivity index (χ3v) is 5.69. The second-order valence-electron chi connectivity index (χ2n) is 6.55. The molecule has 0 bridgehead atoms. The Kier molecular flexibility index (Phi) is 6.55. The number of carbonyl (C=O) groups is 1. The molecule has 1 saturated heterocycles. The predicted octanol–water partition coefficient (Wildman–Crippen LogP) is 3.65. The largest absolute Gasteiger partial charge is 0.493 e. The Morgan fingerprint density at radius 2 is 1.96 bits per heavy atom. The van der Waals surface area contributed by atoms with E-state index in [1.165, 1.54) is 18.2 Å². The molecule has 2 heterocycles. The van der Waals surface area contributed by atoms with Crippen molar-refractivity contribution >= 4 is 17.7 Å². The zero-order valence-electron chi connectivity index (χ0n) is 16.0. The third-order valence-electron chi connectivity index (χ3n) is 4.79. The van der Waals surface area contributed by atoms with Crippen LogP contribution in [0, 0.1) is 0 Å². The van der Waals surface area contributed by atoms with Crippen LogP contribution in [-0.4, -0.2) is 53.6 Å². The summed E-state index contributed by atoms with van der Waals surface area (Å²) in [5.74, 6) is 1.90. The number of piperidine rings is 1. The minimum absolute atomic E-state index is 0.179. The quantitative estimate of drug-likeness (QED) is 0.705. The lowest BCUT2D eigenvalue weighted by Gasteiger charge is -2.33. The van der Waals surface area contributed by atoms with Crippen LogP contribution in [0.5, 0.6) is 11.5 Å². The maximum absolute atomic E-state index is 12.4. The fourth-order valence-electron chi connectivity index (χ4n) is 3.23. The number of ether oxygens (including phenoxy) is 2. The minimum atomic E-state index is 0.179. The summed E-state index contributed by atoms with van der Waals surface area (Å²) in [5.41, 5.74) is 1.64. The molecule has 0 spiro atoms. The van der Waals surface area contributed by atoms with Gasteiger partial charge in [0, 0.05) is 18.2 Å². The molecule has 1 unspecified atom stereocenters. The first-order valence-electron chi connectivity index (χ1n) is 9.10. The number of amides is 1. The number of likely N-dealkylation sites (tertiary alicyclic amines) is 1. The average molecular weight is 388 g/mol. The van der Waals surface area contributed by atoms with Crippen molar-refractivity contribution in [2.45, 2.75) is 37.3 Å². The van der Waals surface area contributed by atoms with Crippen LogP contribution in [0.15, 0.2) is 35.4 Å². The zero-order valence-corrected chi connectivity index (χ0v) is 16.8. The van der Waals surface area contributed by atoms with Gasteiger partial charge in [-0.25, -0.2) is 0 Å². The van der Waals surface area contributed by atoms with Crippen LogP contribution in [0.25, 0.3) is 11.3 Å². The number of thioether (sulfide) groups is 1. The number of aromatic nitrogens is 2. The van der Waals surface area contributed by atoms with Gasteiger partial charge in [0.2, 0.25) is 5.91 Å². The van der Waals surface area contributed by atoms with Gasteiger partial charge in [0.05, 0.1) is 25.7 Å². The Bertz CT molecular complexity index is 783. The Morgan fingerprint density at radius 3 is 2.63 bits per heavy atom. The van der Waals surface area contributed by atoms with E-state index in [1.54, 1.807) is 14.2 Å². The summed E-state index contributed by atoms with van der Waals surface area (Å²) >= 11 is 1.43. The lowest BCUT2D eigenvalue weighted by Crippen LogP contribution is -2.42. The summed E-state index contributed by atoms with van der Waals surface area (Å²) in [6.45, 7) is 2.99. The smallest absolute Gasteiger partial charge is 0.233 e. The van der Waals surface area contributed by atoms with Gasteiger partial charge in [-0.2, -0.15) is 0 Å². The van der Waals surface area contributed by atoms with Crippen LogP contribution in [0.4, 0.5) is 0 Å². The van der Waals surface area contributed by atoms with E-state index in [4.69, 9.17) is 9.47 Å². The Hall–Kier alpha value is -2.28. The number of methoxy groups -OCH3 is 2. The van der Waals surface area contributed by atoms with Crippen molar-refractivity contribution in [2.75, 3.05) is 26.5 Å². The summed E-state index contributed by atoms with van der Waals surface area (Å²) < 4.78 is 10.6. The van der Waals surface area contributed by atoms with Crippen LogP contribution in [0.2, 0.25) is 0 Å². The molecule has 0 radical (unpaired) electrons. The van der Waals surface area contributed by atoms with Gasteiger partial charge in [0.1, 0.15) is 5.03 Å². The SMILES string of the molecule is COc1ccc(-c2ccc(SCC(=O)N3CCCCC3C)nn2)cc1OC. The van der Waals surface area contributed by atoms with E-state index in [1.807, 2.05) is 35.2 Å². The summed E-state index contributed by atoms with van der Waals surface area (Å²) in [6, 6.07) is 9.78. The second-order valence-corrected chi connectivity index (χ2v) is 7.54. The number of hydrogen-bond donors (Lipinski definition) is 0. The van der Waals surface area contributed by atoms with E-state index in [9.17, 15) is 4.79 Å². The van der Waals surface area contributed by atoms with E-state index in [-0.39, 0.29) is 5.91 Å². The van der Waals surface area contributed by atoms with Crippen molar-refractivity contribution < 1.29 is 14.3 Å². The lowest BCUT2D eigenvalue weighted by molar-refractivity contribution is -0.131. The maximum atomic E-state index is 12.4. The minimum Gasteiger partial charge on any atom is -0.493 e. The molecule has 144 valence electrons. The first-order chi connectivity index (χ1) is 13.1. The van der Waals surface area contributed by atoms with Crippen molar-refractivity contribution in [3.8, 4) is 22.8 Å². The topological polar surface area (TPSA) is 64.5 Å². The standard InChI is InChI=1S/C20H25N3O3S/c1-14-6-4-5-11-23(14)20(24)13-27-19-10-8-16(21-22-19)15-7-9-17(25-2)18(12-15)26-3/h7-10,12,14H,4-6,11,13H2,1-3H3. The van der Waals surface area contributed by atoms with Gasteiger partial charge >= 0.3 is 0 Å². The van der Waals surface area contributed by atoms with Gasteiger partial charge < -0.3 is 14.4 Å². The molecule has 1 atom stereocenters. The predicted molar refractivity (Wildman–Crippen MR) is 106 cm³/mol. The molecule has 1 aliphatic heterocycles. The molecule has 1 fully saturated rings. The number of rotatable bonds is 6. The molecule has 2 aromatic rings. The Balaban J connectivity index is 1.63. The molecule has 6 nitrogen and oxygen atoms in total. The highest BCUT2D eigenvalue weighted by molar-refractivity contribution is 7.99. The number of nitrogens with zero attached hydrogens (tertiary/aromatic N) is 3. The molecule has 0 aliphatic carbocycles. The van der Waals surface area contributed by atoms with E-state index < -0.39 is 0 Å². The van der Waals surface area contributed by atoms with Crippen molar-refractivity contribution in [3.05, 3.63) is 30.3 Å². The molecule has 1 amide bonds. The zero-order chi connectivity index (χ0) is 19.2. The summed E-state index contributed by atoms with van der Waals surface area (Å²) in [4.78, 5) is 14.4. The summed E-state index contributed by atoms with van der Waals surface area (Å²) in [5, 5.41) is 9.30. The molecule has 0 N–H and O–H groups in total. The first-order valence-corrected chi connectivity index (χ1v) is 10.1. The van der Waals surface area contributed by atoms with Crippen LogP contribution < -0.4 is 9.47 Å². The lowest BCUT2D eigenvalue weighted by atomic mass is 10.0. The van der Waals surface area contributed by atoms with Gasteiger partial charge in [0.25, 0.3) is 0 Å². The van der Waals surface area contributed by atoms with Gasteiger partial charge in [-0.15, -0.1) is 10.2 Å². The molecule has 1 aromatic heterocycles. The highest BCUT2D eigenvalue weighted by atomic mass is 32.2. The monoisotopic (exact) mass is 387 g/mol. The van der Waals surface area contributed by atoms with Crippen molar-refractivity contribution in [1.82, 2.24) is 15.1 Å².